The first-order valence-corrected chi connectivity index (χ1v) is 8.03. The highest BCUT2D eigenvalue weighted by Crippen LogP contribution is 2.35. The average molecular weight is 373 g/mol. The molecule has 2 aromatic rings. The number of benzene rings is 2. The highest BCUT2D eigenvalue weighted by molar-refractivity contribution is 6.08. The molecule has 1 N–H and O–H groups in total. The highest BCUT2D eigenvalue weighted by atomic mass is 19.2. The number of hydrogen-bond donors (Lipinski definition) is 1. The maximum Gasteiger partial charge on any atom is 0.237 e. The van der Waals surface area contributed by atoms with Crippen molar-refractivity contribution in [1.82, 2.24) is 4.90 Å². The predicted octanol–water partition coefficient (Wildman–Crippen LogP) is 2.79. The van der Waals surface area contributed by atoms with Crippen LogP contribution in [0.2, 0.25) is 0 Å². The molecule has 2 atom stereocenters. The minimum absolute atomic E-state index is 0.147. The molecule has 1 aliphatic rings. The van der Waals surface area contributed by atoms with E-state index in [4.69, 9.17) is 5.26 Å². The van der Waals surface area contributed by atoms with Crippen LogP contribution in [0.1, 0.15) is 17.0 Å². The number of nitrogens with one attached hydrogen (secondary N) is 1. The van der Waals surface area contributed by atoms with Crippen LogP contribution >= 0.6 is 0 Å². The number of amides is 2. The second kappa shape index (κ2) is 7.11. The lowest BCUT2D eigenvalue weighted by molar-refractivity contribution is -0.135. The van der Waals surface area contributed by atoms with Crippen molar-refractivity contribution < 1.29 is 22.8 Å². The first kappa shape index (κ1) is 18.5. The van der Waals surface area contributed by atoms with Gasteiger partial charge in [0.15, 0.2) is 11.6 Å². The predicted molar refractivity (Wildman–Crippen MR) is 90.0 cm³/mol. The van der Waals surface area contributed by atoms with E-state index < -0.39 is 41.1 Å². The lowest BCUT2D eigenvalue weighted by atomic mass is 9.87. The van der Waals surface area contributed by atoms with Crippen molar-refractivity contribution in [1.29, 1.82) is 5.26 Å². The largest absolute Gasteiger partial charge is 0.344 e. The van der Waals surface area contributed by atoms with Gasteiger partial charge in [-0.3, -0.25) is 9.59 Å². The first-order chi connectivity index (χ1) is 12.8. The quantitative estimate of drug-likeness (QED) is 0.841. The van der Waals surface area contributed by atoms with Crippen molar-refractivity contribution in [2.45, 2.75) is 5.92 Å². The number of anilines is 1. The molecule has 1 fully saturated rings. The second-order valence-corrected chi connectivity index (χ2v) is 6.24. The van der Waals surface area contributed by atoms with Gasteiger partial charge in [0.25, 0.3) is 0 Å². The lowest BCUT2D eigenvalue weighted by Crippen LogP contribution is -2.33. The fourth-order valence-electron chi connectivity index (χ4n) is 3.16. The van der Waals surface area contributed by atoms with Gasteiger partial charge in [0, 0.05) is 19.5 Å². The molecule has 5 nitrogen and oxygen atoms in total. The van der Waals surface area contributed by atoms with E-state index in [0.29, 0.717) is 5.56 Å². The SMILES string of the molecule is CN1C[C@H](c2ccc(C#N)c(F)c2)[C@@H](C(=O)Nc2cccc(F)c2F)C1=O. The number of carbonyl (C=O) groups is 2. The first-order valence-electron chi connectivity index (χ1n) is 8.03. The van der Waals surface area contributed by atoms with Gasteiger partial charge in [0.1, 0.15) is 17.8 Å². The summed E-state index contributed by atoms with van der Waals surface area (Å²) in [5.74, 6) is -6.37. The number of nitriles is 1. The highest BCUT2D eigenvalue weighted by Gasteiger charge is 2.44. The van der Waals surface area contributed by atoms with Crippen molar-refractivity contribution in [3.8, 4) is 6.07 Å². The number of likely N-dealkylation sites (tertiary alicyclic amines) is 1. The van der Waals surface area contributed by atoms with Crippen molar-refractivity contribution in [2.75, 3.05) is 18.9 Å². The van der Waals surface area contributed by atoms with Crippen LogP contribution in [0.3, 0.4) is 0 Å². The molecule has 0 saturated carbocycles. The summed E-state index contributed by atoms with van der Waals surface area (Å²) in [6, 6.07) is 8.86. The van der Waals surface area contributed by atoms with Gasteiger partial charge >= 0.3 is 0 Å². The number of nitrogens with zero attached hydrogens (tertiary/aromatic N) is 2. The minimum Gasteiger partial charge on any atom is -0.344 e. The smallest absolute Gasteiger partial charge is 0.237 e. The summed E-state index contributed by atoms with van der Waals surface area (Å²) in [4.78, 5) is 26.4. The third kappa shape index (κ3) is 3.36. The van der Waals surface area contributed by atoms with Crippen LogP contribution < -0.4 is 5.32 Å². The Hall–Kier alpha value is -3.34. The van der Waals surface area contributed by atoms with E-state index in [-0.39, 0.29) is 17.8 Å². The third-order valence-electron chi connectivity index (χ3n) is 4.55. The molecule has 0 aromatic heterocycles. The van der Waals surface area contributed by atoms with Crippen LogP contribution in [0.5, 0.6) is 0 Å². The Labute approximate surface area is 153 Å². The number of rotatable bonds is 3. The van der Waals surface area contributed by atoms with E-state index >= 15 is 0 Å². The third-order valence-corrected chi connectivity index (χ3v) is 4.55. The van der Waals surface area contributed by atoms with Crippen LogP contribution in [0.4, 0.5) is 18.9 Å². The van der Waals surface area contributed by atoms with Crippen molar-refractivity contribution in [3.05, 3.63) is 65.0 Å². The maximum absolute atomic E-state index is 14.0. The molecule has 2 amide bonds. The number of likely N-dealkylation sites (N-methyl/N-ethyl adjacent to an activating group) is 1. The van der Waals surface area contributed by atoms with Crippen molar-refractivity contribution in [2.24, 2.45) is 5.92 Å². The summed E-state index contributed by atoms with van der Waals surface area (Å²) in [5, 5.41) is 11.1. The molecule has 0 spiro atoms. The molecule has 1 saturated heterocycles. The lowest BCUT2D eigenvalue weighted by Gasteiger charge is -2.17. The van der Waals surface area contributed by atoms with E-state index in [1.807, 2.05) is 0 Å². The van der Waals surface area contributed by atoms with Gasteiger partial charge in [-0.25, -0.2) is 13.2 Å². The van der Waals surface area contributed by atoms with Gasteiger partial charge in [-0.2, -0.15) is 5.26 Å². The summed E-state index contributed by atoms with van der Waals surface area (Å²) in [6.07, 6.45) is 0. The van der Waals surface area contributed by atoms with Crippen molar-refractivity contribution in [3.63, 3.8) is 0 Å². The zero-order valence-corrected chi connectivity index (χ0v) is 14.2. The number of hydrogen-bond acceptors (Lipinski definition) is 3. The van der Waals surface area contributed by atoms with E-state index in [0.717, 1.165) is 12.1 Å². The molecular weight excluding hydrogens is 359 g/mol. The molecule has 8 heteroatoms. The van der Waals surface area contributed by atoms with E-state index in [1.54, 1.807) is 6.07 Å². The Kier molecular flexibility index (Phi) is 4.86. The minimum atomic E-state index is -1.23. The Morgan fingerprint density at radius 1 is 1.22 bits per heavy atom. The second-order valence-electron chi connectivity index (χ2n) is 6.24. The van der Waals surface area contributed by atoms with Crippen LogP contribution in [-0.4, -0.2) is 30.3 Å². The standard InChI is InChI=1S/C19H14F3N3O2/c1-25-9-12(10-5-6-11(8-23)14(21)7-10)16(19(25)27)18(26)24-15-4-2-3-13(20)17(15)22/h2-7,12,16H,9H2,1H3,(H,24,26)/t12-,16+/m1/s1. The topological polar surface area (TPSA) is 73.2 Å². The van der Waals surface area contributed by atoms with E-state index in [2.05, 4.69) is 5.32 Å². The normalized spacial score (nSPS) is 19.1. The fraction of sp³-hybridized carbons (Fsp3) is 0.211. The van der Waals surface area contributed by atoms with Gasteiger partial charge in [0.05, 0.1) is 11.3 Å². The zero-order valence-electron chi connectivity index (χ0n) is 14.2. The van der Waals surface area contributed by atoms with Gasteiger partial charge in [-0.15, -0.1) is 0 Å². The summed E-state index contributed by atoms with van der Waals surface area (Å²) in [7, 11) is 1.49. The molecule has 27 heavy (non-hydrogen) atoms. The molecule has 3 rings (SSSR count). The maximum atomic E-state index is 14.0. The Bertz CT molecular complexity index is 971. The molecule has 1 heterocycles. The van der Waals surface area contributed by atoms with Gasteiger partial charge in [-0.1, -0.05) is 12.1 Å². The number of carbonyl (C=O) groups excluding carboxylic acids is 2. The Morgan fingerprint density at radius 2 is 1.96 bits per heavy atom. The van der Waals surface area contributed by atoms with Crippen LogP contribution in [0.25, 0.3) is 0 Å². The molecule has 0 unspecified atom stereocenters. The summed E-state index contributed by atoms with van der Waals surface area (Å²) >= 11 is 0. The monoisotopic (exact) mass is 373 g/mol. The summed E-state index contributed by atoms with van der Waals surface area (Å²) < 4.78 is 41.1. The molecule has 0 aliphatic carbocycles. The molecule has 0 radical (unpaired) electrons. The average Bonchev–Trinajstić information content (AvgIpc) is 2.94. The zero-order chi connectivity index (χ0) is 19.7. The molecular formula is C19H14F3N3O2. The van der Waals surface area contributed by atoms with Gasteiger partial charge in [-0.05, 0) is 29.8 Å². The van der Waals surface area contributed by atoms with E-state index in [1.165, 1.54) is 36.2 Å². The van der Waals surface area contributed by atoms with E-state index in [9.17, 15) is 22.8 Å². The summed E-state index contributed by atoms with van der Waals surface area (Å²) in [6.45, 7) is 0.147. The van der Waals surface area contributed by atoms with Crippen LogP contribution in [0, 0.1) is 34.7 Å². The van der Waals surface area contributed by atoms with Crippen molar-refractivity contribution >= 4 is 17.5 Å². The molecule has 138 valence electrons. The molecule has 2 aromatic carbocycles. The van der Waals surface area contributed by atoms with Gasteiger partial charge < -0.3 is 10.2 Å². The summed E-state index contributed by atoms with van der Waals surface area (Å²) in [5.41, 5.74) is -0.171. The van der Waals surface area contributed by atoms with Crippen LogP contribution in [-0.2, 0) is 9.59 Å². The van der Waals surface area contributed by atoms with Gasteiger partial charge in [0.2, 0.25) is 11.8 Å². The fourth-order valence-corrected chi connectivity index (χ4v) is 3.16. The Balaban J connectivity index is 1.92. The molecule has 1 aliphatic heterocycles. The number of halogens is 3. The Morgan fingerprint density at radius 3 is 2.63 bits per heavy atom. The molecule has 0 bridgehead atoms. The van der Waals surface area contributed by atoms with Crippen LogP contribution in [0.15, 0.2) is 36.4 Å².